The summed E-state index contributed by atoms with van der Waals surface area (Å²) in [7, 11) is 0. The molecule has 1 aromatic carbocycles. The lowest BCUT2D eigenvalue weighted by atomic mass is 9.92. The predicted octanol–water partition coefficient (Wildman–Crippen LogP) is 2.79. The molecule has 2 aliphatic heterocycles. The lowest BCUT2D eigenvalue weighted by Gasteiger charge is -2.34. The molecule has 2 aliphatic rings. The normalized spacial score (nSPS) is 19.9. The lowest BCUT2D eigenvalue weighted by molar-refractivity contribution is -0.128. The molecule has 0 radical (unpaired) electrons. The van der Waals surface area contributed by atoms with Crippen LogP contribution in [-0.4, -0.2) is 35.0 Å². The first-order valence-corrected chi connectivity index (χ1v) is 8.73. The minimum Gasteiger partial charge on any atom is -0.325 e. The first-order valence-electron chi connectivity index (χ1n) is 8.73. The smallest absolute Gasteiger partial charge is 0.245 e. The van der Waals surface area contributed by atoms with Gasteiger partial charge in [0.05, 0.1) is 17.5 Å². The minimum absolute atomic E-state index is 0.0272. The Bertz CT molecular complexity index is 762. The molecule has 0 bridgehead atoms. The van der Waals surface area contributed by atoms with Crippen molar-refractivity contribution >= 4 is 17.5 Å². The third-order valence-electron chi connectivity index (χ3n) is 4.51. The van der Waals surface area contributed by atoms with Crippen molar-refractivity contribution in [2.75, 3.05) is 6.54 Å². The van der Waals surface area contributed by atoms with Crippen LogP contribution in [0, 0.1) is 0 Å². The Labute approximate surface area is 148 Å². The SMILES string of the molecule is CCCCC1C2=C(C=CN1C(C)=O)C(c1ccccc1)=NCC(=O)N2. The Morgan fingerprint density at radius 2 is 2.08 bits per heavy atom. The molecule has 1 N–H and O–H groups in total. The number of hydrogen-bond acceptors (Lipinski definition) is 3. The molecule has 3 rings (SSSR count). The number of nitrogens with one attached hydrogen (secondary N) is 1. The van der Waals surface area contributed by atoms with E-state index in [4.69, 9.17) is 0 Å². The Morgan fingerprint density at radius 1 is 1.32 bits per heavy atom. The fourth-order valence-electron chi connectivity index (χ4n) is 3.30. The monoisotopic (exact) mass is 337 g/mol. The van der Waals surface area contributed by atoms with Crippen molar-refractivity contribution in [1.29, 1.82) is 0 Å². The first-order chi connectivity index (χ1) is 12.1. The molecule has 0 saturated carbocycles. The molecule has 1 unspecified atom stereocenters. The molecule has 2 heterocycles. The van der Waals surface area contributed by atoms with E-state index in [-0.39, 0.29) is 24.4 Å². The summed E-state index contributed by atoms with van der Waals surface area (Å²) < 4.78 is 0. The summed E-state index contributed by atoms with van der Waals surface area (Å²) in [6.45, 7) is 3.76. The quantitative estimate of drug-likeness (QED) is 0.918. The van der Waals surface area contributed by atoms with E-state index >= 15 is 0 Å². The molecule has 1 atom stereocenters. The molecule has 5 nitrogen and oxygen atoms in total. The molecular formula is C20H23N3O2. The predicted molar refractivity (Wildman–Crippen MR) is 98.0 cm³/mol. The fourth-order valence-corrected chi connectivity index (χ4v) is 3.30. The second-order valence-corrected chi connectivity index (χ2v) is 6.31. The van der Waals surface area contributed by atoms with Crippen LogP contribution in [0.2, 0.25) is 0 Å². The molecule has 5 heteroatoms. The van der Waals surface area contributed by atoms with Gasteiger partial charge in [0.15, 0.2) is 0 Å². The van der Waals surface area contributed by atoms with E-state index in [1.54, 1.807) is 11.8 Å². The molecule has 1 aromatic rings. The van der Waals surface area contributed by atoms with Crippen LogP contribution in [0.1, 0.15) is 38.7 Å². The molecule has 25 heavy (non-hydrogen) atoms. The van der Waals surface area contributed by atoms with Crippen molar-refractivity contribution in [3.8, 4) is 0 Å². The summed E-state index contributed by atoms with van der Waals surface area (Å²) in [5.74, 6) is -0.167. The highest BCUT2D eigenvalue weighted by Crippen LogP contribution is 2.28. The van der Waals surface area contributed by atoms with Crippen LogP contribution in [0.3, 0.4) is 0 Å². The number of carbonyl (C=O) groups excluding carboxylic acids is 2. The second-order valence-electron chi connectivity index (χ2n) is 6.31. The number of aliphatic imine (C=N–C) groups is 1. The van der Waals surface area contributed by atoms with Crippen LogP contribution in [0.5, 0.6) is 0 Å². The van der Waals surface area contributed by atoms with Gasteiger partial charge in [-0.3, -0.25) is 14.6 Å². The van der Waals surface area contributed by atoms with Gasteiger partial charge in [-0.25, -0.2) is 0 Å². The van der Waals surface area contributed by atoms with Gasteiger partial charge in [0.25, 0.3) is 0 Å². The Kier molecular flexibility index (Phi) is 5.12. The number of rotatable bonds is 4. The van der Waals surface area contributed by atoms with Crippen LogP contribution < -0.4 is 5.32 Å². The van der Waals surface area contributed by atoms with Crippen molar-refractivity contribution in [3.63, 3.8) is 0 Å². The summed E-state index contributed by atoms with van der Waals surface area (Å²) in [5.41, 5.74) is 3.46. The summed E-state index contributed by atoms with van der Waals surface area (Å²) in [5, 5.41) is 3.01. The average molecular weight is 337 g/mol. The van der Waals surface area contributed by atoms with Crippen LogP contribution in [-0.2, 0) is 9.59 Å². The molecule has 130 valence electrons. The van der Waals surface area contributed by atoms with Gasteiger partial charge in [-0.05, 0) is 12.5 Å². The Hall–Kier alpha value is -2.69. The first kappa shape index (κ1) is 17.1. The van der Waals surface area contributed by atoms with Gasteiger partial charge >= 0.3 is 0 Å². The number of carbonyl (C=O) groups is 2. The Morgan fingerprint density at radius 3 is 2.76 bits per heavy atom. The van der Waals surface area contributed by atoms with Crippen LogP contribution >= 0.6 is 0 Å². The van der Waals surface area contributed by atoms with Crippen molar-refractivity contribution < 1.29 is 9.59 Å². The third kappa shape index (κ3) is 3.55. The molecule has 0 aliphatic carbocycles. The van der Waals surface area contributed by atoms with E-state index in [1.165, 1.54) is 0 Å². The van der Waals surface area contributed by atoms with E-state index in [1.807, 2.05) is 42.6 Å². The maximum absolute atomic E-state index is 12.2. The van der Waals surface area contributed by atoms with Crippen LogP contribution in [0.4, 0.5) is 0 Å². The maximum atomic E-state index is 12.2. The topological polar surface area (TPSA) is 61.8 Å². The summed E-state index contributed by atoms with van der Waals surface area (Å²) in [6.07, 6.45) is 6.52. The fraction of sp³-hybridized carbons (Fsp3) is 0.350. The van der Waals surface area contributed by atoms with E-state index in [2.05, 4.69) is 17.2 Å². The number of allylic oxidation sites excluding steroid dienone is 2. The highest BCUT2D eigenvalue weighted by atomic mass is 16.2. The van der Waals surface area contributed by atoms with Gasteiger partial charge in [0.2, 0.25) is 11.8 Å². The highest BCUT2D eigenvalue weighted by Gasteiger charge is 2.32. The van der Waals surface area contributed by atoms with E-state index in [0.29, 0.717) is 0 Å². The largest absolute Gasteiger partial charge is 0.325 e. The number of nitrogens with zero attached hydrogens (tertiary/aromatic N) is 2. The highest BCUT2D eigenvalue weighted by molar-refractivity contribution is 6.16. The zero-order valence-electron chi connectivity index (χ0n) is 14.7. The van der Waals surface area contributed by atoms with Crippen molar-refractivity contribution in [3.05, 3.63) is 59.4 Å². The van der Waals surface area contributed by atoms with Gasteiger partial charge in [-0.1, -0.05) is 50.1 Å². The number of unbranched alkanes of at least 4 members (excludes halogenated alkanes) is 1. The number of benzene rings is 1. The molecule has 0 saturated heterocycles. The van der Waals surface area contributed by atoms with E-state index in [9.17, 15) is 9.59 Å². The van der Waals surface area contributed by atoms with Gasteiger partial charge in [0, 0.05) is 24.3 Å². The van der Waals surface area contributed by atoms with Gasteiger partial charge in [-0.15, -0.1) is 0 Å². The van der Waals surface area contributed by atoms with Gasteiger partial charge in [-0.2, -0.15) is 0 Å². The summed E-state index contributed by atoms with van der Waals surface area (Å²) in [6, 6.07) is 9.70. The molecule has 0 spiro atoms. The number of hydrogen-bond donors (Lipinski definition) is 1. The second kappa shape index (κ2) is 7.47. The lowest BCUT2D eigenvalue weighted by Crippen LogP contribution is -2.44. The van der Waals surface area contributed by atoms with Gasteiger partial charge in [0.1, 0.15) is 6.54 Å². The maximum Gasteiger partial charge on any atom is 0.245 e. The standard InChI is InChI=1S/C20H23N3O2/c1-3-4-10-17-20-16(11-12-23(17)14(2)24)19(21-13-18(25)22-20)15-8-6-5-7-9-15/h5-9,11-12,17H,3-4,10,13H2,1-2H3,(H,22,25). The average Bonchev–Trinajstić information content (AvgIpc) is 2.78. The van der Waals surface area contributed by atoms with Crippen molar-refractivity contribution in [1.82, 2.24) is 10.2 Å². The minimum atomic E-state index is -0.159. The number of amides is 2. The zero-order chi connectivity index (χ0) is 17.8. The molecular weight excluding hydrogens is 314 g/mol. The summed E-state index contributed by atoms with van der Waals surface area (Å²) in [4.78, 5) is 30.6. The zero-order valence-corrected chi connectivity index (χ0v) is 14.7. The van der Waals surface area contributed by atoms with Crippen LogP contribution in [0.25, 0.3) is 0 Å². The van der Waals surface area contributed by atoms with Crippen molar-refractivity contribution in [2.45, 2.75) is 39.2 Å². The van der Waals surface area contributed by atoms with E-state index < -0.39 is 0 Å². The molecule has 2 amide bonds. The molecule has 0 aromatic heterocycles. The molecule has 0 fully saturated rings. The Balaban J connectivity index is 2.08. The van der Waals surface area contributed by atoms with E-state index in [0.717, 1.165) is 41.8 Å². The van der Waals surface area contributed by atoms with Crippen LogP contribution in [0.15, 0.2) is 58.9 Å². The third-order valence-corrected chi connectivity index (χ3v) is 4.51. The summed E-state index contributed by atoms with van der Waals surface area (Å²) >= 11 is 0. The van der Waals surface area contributed by atoms with Gasteiger partial charge < -0.3 is 10.2 Å². The van der Waals surface area contributed by atoms with Crippen molar-refractivity contribution in [2.24, 2.45) is 4.99 Å².